The van der Waals surface area contributed by atoms with E-state index >= 15 is 0 Å². The smallest absolute Gasteiger partial charge is 0.241 e. The first-order chi connectivity index (χ1) is 11.2. The molecule has 1 aliphatic heterocycles. The van der Waals surface area contributed by atoms with E-state index in [0.717, 1.165) is 36.4 Å². The van der Waals surface area contributed by atoms with E-state index in [1.54, 1.807) is 0 Å². The van der Waals surface area contributed by atoms with Gasteiger partial charge in [0.05, 0.1) is 6.04 Å². The number of carbonyl (C=O) groups excluding carboxylic acids is 1. The topological polar surface area (TPSA) is 50.4 Å². The van der Waals surface area contributed by atoms with Gasteiger partial charge < -0.3 is 15.4 Å². The molecule has 0 radical (unpaired) electrons. The summed E-state index contributed by atoms with van der Waals surface area (Å²) in [7, 11) is 0. The van der Waals surface area contributed by atoms with Crippen molar-refractivity contribution in [1.29, 1.82) is 0 Å². The lowest BCUT2D eigenvalue weighted by molar-refractivity contribution is -0.117. The maximum absolute atomic E-state index is 12.0. The maximum Gasteiger partial charge on any atom is 0.241 e. The normalized spacial score (nSPS) is 16.3. The van der Waals surface area contributed by atoms with Gasteiger partial charge in [-0.1, -0.05) is 29.8 Å². The molecule has 1 aliphatic rings. The van der Waals surface area contributed by atoms with Crippen LogP contribution in [0.15, 0.2) is 48.5 Å². The molecule has 128 valence electrons. The van der Waals surface area contributed by atoms with E-state index in [0.29, 0.717) is 11.6 Å². The third-order valence-electron chi connectivity index (χ3n) is 3.85. The Hall–Kier alpha value is -1.75. The van der Waals surface area contributed by atoms with Crippen molar-refractivity contribution < 1.29 is 9.53 Å². The van der Waals surface area contributed by atoms with Crippen LogP contribution in [0.25, 0.3) is 0 Å². The Morgan fingerprint density at radius 3 is 2.62 bits per heavy atom. The molecule has 0 bridgehead atoms. The summed E-state index contributed by atoms with van der Waals surface area (Å²) in [5.41, 5.74) is 1.72. The standard InChI is InChI=1S/C18H19ClN2O2.ClH/c19-16-5-2-1-4-13(16)12-23-15-9-7-14(8-10-15)21-18(22)17-6-3-11-20-17;/h1-2,4-5,7-10,17,20H,3,6,11-12H2,(H,21,22);1H. The van der Waals surface area contributed by atoms with Gasteiger partial charge in [-0.05, 0) is 49.7 Å². The molecule has 1 atom stereocenters. The van der Waals surface area contributed by atoms with E-state index in [2.05, 4.69) is 10.6 Å². The number of rotatable bonds is 5. The van der Waals surface area contributed by atoms with E-state index in [-0.39, 0.29) is 24.4 Å². The molecule has 0 spiro atoms. The lowest BCUT2D eigenvalue weighted by Crippen LogP contribution is -2.35. The van der Waals surface area contributed by atoms with Gasteiger partial charge in [0.2, 0.25) is 5.91 Å². The average Bonchev–Trinajstić information content (AvgIpc) is 3.10. The lowest BCUT2D eigenvalue weighted by atomic mass is 10.2. The number of ether oxygens (including phenoxy) is 1. The minimum absolute atomic E-state index is 0. The third-order valence-corrected chi connectivity index (χ3v) is 4.22. The van der Waals surface area contributed by atoms with Gasteiger partial charge in [0.15, 0.2) is 0 Å². The fourth-order valence-electron chi connectivity index (χ4n) is 2.55. The van der Waals surface area contributed by atoms with Crippen LogP contribution in [-0.2, 0) is 11.4 Å². The highest BCUT2D eigenvalue weighted by Crippen LogP contribution is 2.20. The molecule has 3 rings (SSSR count). The first kappa shape index (κ1) is 18.6. The number of amides is 1. The van der Waals surface area contributed by atoms with Gasteiger partial charge in [-0.3, -0.25) is 4.79 Å². The first-order valence-electron chi connectivity index (χ1n) is 7.73. The van der Waals surface area contributed by atoms with E-state index in [1.807, 2.05) is 48.5 Å². The number of anilines is 1. The molecular weight excluding hydrogens is 347 g/mol. The predicted molar refractivity (Wildman–Crippen MR) is 99.1 cm³/mol. The van der Waals surface area contributed by atoms with E-state index < -0.39 is 0 Å². The van der Waals surface area contributed by atoms with Crippen molar-refractivity contribution in [3.05, 3.63) is 59.1 Å². The summed E-state index contributed by atoms with van der Waals surface area (Å²) in [6.45, 7) is 1.32. The van der Waals surface area contributed by atoms with Crippen molar-refractivity contribution in [2.45, 2.75) is 25.5 Å². The van der Waals surface area contributed by atoms with Gasteiger partial charge in [0, 0.05) is 16.3 Å². The number of nitrogens with one attached hydrogen (secondary N) is 2. The number of benzene rings is 2. The van der Waals surface area contributed by atoms with Crippen LogP contribution in [0.3, 0.4) is 0 Å². The molecule has 1 unspecified atom stereocenters. The van der Waals surface area contributed by atoms with Crippen molar-refractivity contribution in [2.75, 3.05) is 11.9 Å². The molecular formula is C18H20Cl2N2O2. The molecule has 24 heavy (non-hydrogen) atoms. The minimum Gasteiger partial charge on any atom is -0.489 e. The van der Waals surface area contributed by atoms with Crippen LogP contribution in [0, 0.1) is 0 Å². The molecule has 4 nitrogen and oxygen atoms in total. The summed E-state index contributed by atoms with van der Waals surface area (Å²) < 4.78 is 5.72. The molecule has 1 saturated heterocycles. The van der Waals surface area contributed by atoms with Crippen LogP contribution < -0.4 is 15.4 Å². The van der Waals surface area contributed by atoms with Gasteiger partial charge in [-0.25, -0.2) is 0 Å². The van der Waals surface area contributed by atoms with Crippen LogP contribution in [0.5, 0.6) is 5.75 Å². The Bertz CT molecular complexity index is 671. The summed E-state index contributed by atoms with van der Waals surface area (Å²) in [5, 5.41) is 6.79. The van der Waals surface area contributed by atoms with E-state index in [4.69, 9.17) is 16.3 Å². The molecule has 2 aromatic rings. The van der Waals surface area contributed by atoms with Crippen molar-refractivity contribution in [1.82, 2.24) is 5.32 Å². The first-order valence-corrected chi connectivity index (χ1v) is 8.11. The summed E-state index contributed by atoms with van der Waals surface area (Å²) in [5.74, 6) is 0.758. The summed E-state index contributed by atoms with van der Waals surface area (Å²) in [4.78, 5) is 12.0. The molecule has 0 aromatic heterocycles. The van der Waals surface area contributed by atoms with Crippen molar-refractivity contribution in [3.63, 3.8) is 0 Å². The zero-order chi connectivity index (χ0) is 16.1. The number of halogens is 2. The summed E-state index contributed by atoms with van der Waals surface area (Å²) >= 11 is 6.10. The fourth-order valence-corrected chi connectivity index (χ4v) is 2.74. The minimum atomic E-state index is -0.0776. The molecule has 1 heterocycles. The molecule has 0 saturated carbocycles. The van der Waals surface area contributed by atoms with E-state index in [1.165, 1.54) is 0 Å². The lowest BCUT2D eigenvalue weighted by Gasteiger charge is -2.12. The molecule has 2 N–H and O–H groups in total. The van der Waals surface area contributed by atoms with Crippen LogP contribution in [0.2, 0.25) is 5.02 Å². The fraction of sp³-hybridized carbons (Fsp3) is 0.278. The zero-order valence-corrected chi connectivity index (χ0v) is 14.7. The molecule has 1 fully saturated rings. The van der Waals surface area contributed by atoms with Crippen molar-refractivity contribution in [2.24, 2.45) is 0 Å². The Labute approximate surface area is 153 Å². The molecule has 6 heteroatoms. The second-order valence-corrected chi connectivity index (χ2v) is 5.95. The Kier molecular flexibility index (Phi) is 6.91. The quantitative estimate of drug-likeness (QED) is 0.839. The molecule has 0 aliphatic carbocycles. The van der Waals surface area contributed by atoms with Crippen LogP contribution in [0.4, 0.5) is 5.69 Å². The summed E-state index contributed by atoms with van der Waals surface area (Å²) in [6, 6.07) is 14.9. The highest BCUT2D eigenvalue weighted by Gasteiger charge is 2.21. The van der Waals surface area contributed by atoms with Crippen LogP contribution in [0.1, 0.15) is 18.4 Å². The molecule has 2 aromatic carbocycles. The Balaban J connectivity index is 0.00000208. The average molecular weight is 367 g/mol. The molecule has 1 amide bonds. The summed E-state index contributed by atoms with van der Waals surface area (Å²) in [6.07, 6.45) is 1.94. The van der Waals surface area contributed by atoms with Gasteiger partial charge in [0.25, 0.3) is 0 Å². The second kappa shape index (κ2) is 8.92. The SMILES string of the molecule is Cl.O=C(Nc1ccc(OCc2ccccc2Cl)cc1)C1CCCN1. The van der Waals surface area contributed by atoms with E-state index in [9.17, 15) is 4.79 Å². The van der Waals surface area contributed by atoms with Crippen molar-refractivity contribution in [3.8, 4) is 5.75 Å². The third kappa shape index (κ3) is 4.87. The van der Waals surface area contributed by atoms with Gasteiger partial charge in [0.1, 0.15) is 12.4 Å². The van der Waals surface area contributed by atoms with Crippen LogP contribution in [-0.4, -0.2) is 18.5 Å². The highest BCUT2D eigenvalue weighted by atomic mass is 35.5. The van der Waals surface area contributed by atoms with Gasteiger partial charge in [-0.15, -0.1) is 12.4 Å². The highest BCUT2D eigenvalue weighted by molar-refractivity contribution is 6.31. The zero-order valence-electron chi connectivity index (χ0n) is 13.1. The van der Waals surface area contributed by atoms with Crippen molar-refractivity contribution >= 4 is 35.6 Å². The van der Waals surface area contributed by atoms with Crippen LogP contribution >= 0.6 is 24.0 Å². The number of carbonyl (C=O) groups is 1. The second-order valence-electron chi connectivity index (χ2n) is 5.54. The van der Waals surface area contributed by atoms with Gasteiger partial charge in [-0.2, -0.15) is 0 Å². The largest absolute Gasteiger partial charge is 0.489 e. The monoisotopic (exact) mass is 366 g/mol. The van der Waals surface area contributed by atoms with Gasteiger partial charge >= 0.3 is 0 Å². The predicted octanol–water partition coefficient (Wildman–Crippen LogP) is 4.03. The maximum atomic E-state index is 12.0. The number of hydrogen-bond donors (Lipinski definition) is 2. The Morgan fingerprint density at radius 1 is 1.21 bits per heavy atom. The Morgan fingerprint density at radius 2 is 1.96 bits per heavy atom. The number of hydrogen-bond acceptors (Lipinski definition) is 3.